The Morgan fingerprint density at radius 2 is 1.57 bits per heavy atom. The molecule has 4 atom stereocenters. The molecule has 3 fully saturated rings. The van der Waals surface area contributed by atoms with Crippen LogP contribution in [0.25, 0.3) is 11.3 Å². The number of imidazole rings is 1. The van der Waals surface area contributed by atoms with E-state index >= 15 is 0 Å². The van der Waals surface area contributed by atoms with Gasteiger partial charge in [0.05, 0.1) is 29.1 Å². The smallest absolute Gasteiger partial charge is 0.399 e. The van der Waals surface area contributed by atoms with Crippen LogP contribution in [0.2, 0.25) is 0 Å². The van der Waals surface area contributed by atoms with E-state index in [1.165, 1.54) is 0 Å². The molecule has 0 spiro atoms. The third kappa shape index (κ3) is 6.22. The molecule has 0 radical (unpaired) electrons. The summed E-state index contributed by atoms with van der Waals surface area (Å²) in [6, 6.07) is 8.73. The van der Waals surface area contributed by atoms with Crippen molar-refractivity contribution in [2.45, 2.75) is 84.6 Å². The van der Waals surface area contributed by atoms with Gasteiger partial charge in [-0.05, 0) is 63.4 Å². The maximum absolute atomic E-state index is 13.2. The second-order valence-corrected chi connectivity index (χ2v) is 11.5. The minimum atomic E-state index is -0.367. The number of hydrogen-bond donors (Lipinski definition) is 1. The number of aromatic nitrogens is 2. The number of rotatable bonds is 5. The van der Waals surface area contributed by atoms with Crippen molar-refractivity contribution in [3.05, 3.63) is 36.3 Å². The molecular formula is C26H44BN3O3S4. The molecule has 2 aliphatic heterocycles. The first-order valence-corrected chi connectivity index (χ1v) is 12.3. The molecule has 1 aromatic carbocycles. The van der Waals surface area contributed by atoms with Gasteiger partial charge in [-0.2, -0.15) is 54.0 Å². The third-order valence-corrected chi connectivity index (χ3v) is 8.41. The highest BCUT2D eigenvalue weighted by molar-refractivity contribution is 7.59. The van der Waals surface area contributed by atoms with Crippen LogP contribution in [0.5, 0.6) is 0 Å². The van der Waals surface area contributed by atoms with Crippen LogP contribution in [0.15, 0.2) is 30.5 Å². The van der Waals surface area contributed by atoms with Gasteiger partial charge in [0.1, 0.15) is 5.82 Å². The SMILES string of the molecule is CC(C)[C@H](C)C(=O)N1[C@H](c2ncc(-c3ccc(B4OC(C)(C)C(C)(C)O4)cc3)[nH]2)C[C@@H]2C[C@@H]21.S.S.S.S. The first kappa shape index (κ1) is 34.3. The van der Waals surface area contributed by atoms with Crippen molar-refractivity contribution in [3.8, 4) is 11.3 Å². The second kappa shape index (κ2) is 12.2. The zero-order chi connectivity index (χ0) is 23.7. The van der Waals surface area contributed by atoms with Gasteiger partial charge in [0.2, 0.25) is 5.91 Å². The van der Waals surface area contributed by atoms with E-state index in [-0.39, 0.29) is 90.2 Å². The maximum Gasteiger partial charge on any atom is 0.494 e. The van der Waals surface area contributed by atoms with Gasteiger partial charge >= 0.3 is 7.12 Å². The van der Waals surface area contributed by atoms with E-state index in [1.54, 1.807) is 0 Å². The summed E-state index contributed by atoms with van der Waals surface area (Å²) in [6.07, 6.45) is 4.04. The van der Waals surface area contributed by atoms with Crippen molar-refractivity contribution in [2.75, 3.05) is 0 Å². The minimum Gasteiger partial charge on any atom is -0.399 e. The van der Waals surface area contributed by atoms with Crippen molar-refractivity contribution in [1.82, 2.24) is 14.9 Å². The van der Waals surface area contributed by atoms with Gasteiger partial charge in [0.25, 0.3) is 0 Å². The number of carbonyl (C=O) groups is 1. The van der Waals surface area contributed by atoms with E-state index in [4.69, 9.17) is 14.3 Å². The molecule has 0 bridgehead atoms. The number of nitrogens with zero attached hydrogens (tertiary/aromatic N) is 2. The predicted molar refractivity (Wildman–Crippen MR) is 171 cm³/mol. The van der Waals surface area contributed by atoms with Crippen LogP contribution >= 0.6 is 54.0 Å². The number of fused-ring (bicyclic) bond motifs is 1. The van der Waals surface area contributed by atoms with E-state index in [0.717, 1.165) is 35.4 Å². The number of benzene rings is 1. The zero-order valence-corrected chi connectivity index (χ0v) is 26.9. The van der Waals surface area contributed by atoms with E-state index in [9.17, 15) is 4.79 Å². The van der Waals surface area contributed by atoms with Gasteiger partial charge in [-0.25, -0.2) is 4.98 Å². The summed E-state index contributed by atoms with van der Waals surface area (Å²) in [5, 5.41) is 0. The van der Waals surface area contributed by atoms with Crippen LogP contribution in [-0.4, -0.2) is 45.1 Å². The molecule has 2 saturated heterocycles. The Labute approximate surface area is 250 Å². The lowest BCUT2D eigenvalue weighted by Gasteiger charge is -2.32. The van der Waals surface area contributed by atoms with Crippen LogP contribution in [-0.2, 0) is 14.1 Å². The van der Waals surface area contributed by atoms with Crippen molar-refractivity contribution in [2.24, 2.45) is 17.8 Å². The fraction of sp³-hybridized carbons (Fsp3) is 0.615. The summed E-state index contributed by atoms with van der Waals surface area (Å²) in [5.41, 5.74) is 2.33. The summed E-state index contributed by atoms with van der Waals surface area (Å²) in [7, 11) is -0.367. The Morgan fingerprint density at radius 1 is 1.00 bits per heavy atom. The Balaban J connectivity index is 0.00000171. The van der Waals surface area contributed by atoms with Gasteiger partial charge in [0, 0.05) is 12.0 Å². The minimum absolute atomic E-state index is 0. The molecule has 3 heterocycles. The highest BCUT2D eigenvalue weighted by atomic mass is 32.1. The molecule has 5 rings (SSSR count). The van der Waals surface area contributed by atoms with E-state index in [1.807, 2.05) is 6.20 Å². The first-order chi connectivity index (χ1) is 15.5. The van der Waals surface area contributed by atoms with Crippen LogP contribution in [0, 0.1) is 17.8 Å². The second-order valence-electron chi connectivity index (χ2n) is 11.5. The summed E-state index contributed by atoms with van der Waals surface area (Å²) in [5.74, 6) is 2.17. The molecule has 208 valence electrons. The van der Waals surface area contributed by atoms with Gasteiger partial charge in [-0.3, -0.25) is 4.79 Å². The number of aromatic amines is 1. The Morgan fingerprint density at radius 3 is 2.11 bits per heavy atom. The molecule has 1 amide bonds. The standard InChI is InChI=1S/C26H36BN3O3.4H2S/c1-15(2)16(3)24(31)30-21-12-18(21)13-22(30)23-28-14-20(29-23)17-8-10-19(11-9-17)27-32-25(4,5)26(6,7)33-27;;;;/h8-11,14-16,18,21-22H,12-13H2,1-7H3,(H,28,29);4*1H2/t16-,18-,21-,22-;;;;/m0..../s1. The molecular weight excluding hydrogens is 541 g/mol. The number of likely N-dealkylation sites (tertiary alicyclic amines) is 1. The lowest BCUT2D eigenvalue weighted by molar-refractivity contribution is -0.138. The average molecular weight is 586 g/mol. The highest BCUT2D eigenvalue weighted by Crippen LogP contribution is 2.53. The van der Waals surface area contributed by atoms with E-state index < -0.39 is 0 Å². The average Bonchev–Trinajstić information content (AvgIpc) is 3.10. The van der Waals surface area contributed by atoms with Gasteiger partial charge < -0.3 is 19.2 Å². The van der Waals surface area contributed by atoms with Gasteiger partial charge in [0.15, 0.2) is 0 Å². The fourth-order valence-corrected chi connectivity index (χ4v) is 4.99. The Hall–Kier alpha value is -0.715. The number of carbonyl (C=O) groups excluding carboxylic acids is 1. The molecule has 1 aromatic heterocycles. The normalized spacial score (nSPS) is 25.2. The third-order valence-electron chi connectivity index (χ3n) is 8.41. The Kier molecular flexibility index (Phi) is 11.3. The monoisotopic (exact) mass is 585 g/mol. The molecule has 3 aliphatic rings. The predicted octanol–water partition coefficient (Wildman–Crippen LogP) is 4.78. The number of H-pyrrole nitrogens is 1. The number of hydrogen-bond acceptors (Lipinski definition) is 4. The topological polar surface area (TPSA) is 67.5 Å². The van der Waals surface area contributed by atoms with E-state index in [2.05, 4.69) is 82.6 Å². The first-order valence-electron chi connectivity index (χ1n) is 12.3. The molecule has 2 aromatic rings. The molecule has 1 N–H and O–H groups in total. The number of piperidine rings is 1. The summed E-state index contributed by atoms with van der Waals surface area (Å²) in [4.78, 5) is 23.5. The molecule has 11 heteroatoms. The summed E-state index contributed by atoms with van der Waals surface area (Å²) >= 11 is 0. The van der Waals surface area contributed by atoms with Gasteiger partial charge in [-0.1, -0.05) is 45.0 Å². The lowest BCUT2D eigenvalue weighted by Crippen LogP contribution is -2.41. The van der Waals surface area contributed by atoms with Crippen LogP contribution < -0.4 is 5.46 Å². The molecule has 6 nitrogen and oxygen atoms in total. The number of amides is 1. The fourth-order valence-electron chi connectivity index (χ4n) is 4.99. The Bertz CT molecular complexity index is 1050. The molecule has 0 unspecified atom stereocenters. The lowest BCUT2D eigenvalue weighted by atomic mass is 9.79. The zero-order valence-electron chi connectivity index (χ0n) is 22.9. The molecule has 1 saturated carbocycles. The van der Waals surface area contributed by atoms with Crippen LogP contribution in [0.1, 0.15) is 73.2 Å². The van der Waals surface area contributed by atoms with Crippen molar-refractivity contribution >= 4 is 72.5 Å². The molecule has 37 heavy (non-hydrogen) atoms. The van der Waals surface area contributed by atoms with Crippen molar-refractivity contribution < 1.29 is 14.1 Å². The quantitative estimate of drug-likeness (QED) is 0.513. The molecule has 1 aliphatic carbocycles. The largest absolute Gasteiger partial charge is 0.494 e. The summed E-state index contributed by atoms with van der Waals surface area (Å²) < 4.78 is 12.3. The highest BCUT2D eigenvalue weighted by Gasteiger charge is 2.55. The number of nitrogens with one attached hydrogen (secondary N) is 1. The van der Waals surface area contributed by atoms with Crippen molar-refractivity contribution in [1.29, 1.82) is 0 Å². The van der Waals surface area contributed by atoms with Crippen LogP contribution in [0.4, 0.5) is 0 Å². The van der Waals surface area contributed by atoms with Crippen LogP contribution in [0.3, 0.4) is 0 Å². The summed E-state index contributed by atoms with van der Waals surface area (Å²) in [6.45, 7) is 14.6. The maximum atomic E-state index is 13.2. The van der Waals surface area contributed by atoms with E-state index in [0.29, 0.717) is 17.9 Å². The van der Waals surface area contributed by atoms with Gasteiger partial charge in [-0.15, -0.1) is 0 Å². The van der Waals surface area contributed by atoms with Crippen molar-refractivity contribution in [3.63, 3.8) is 0 Å².